The van der Waals surface area contributed by atoms with Gasteiger partial charge in [-0.05, 0) is 42.2 Å². The number of hydrogen-bond acceptors (Lipinski definition) is 3. The number of carbonyl (C=O) groups is 2. The van der Waals surface area contributed by atoms with Crippen LogP contribution in [0.2, 0.25) is 5.02 Å². The highest BCUT2D eigenvalue weighted by Crippen LogP contribution is 2.39. The van der Waals surface area contributed by atoms with Crippen LogP contribution in [0.5, 0.6) is 0 Å². The van der Waals surface area contributed by atoms with Gasteiger partial charge in [0, 0.05) is 23.4 Å². The van der Waals surface area contributed by atoms with Crippen molar-refractivity contribution >= 4 is 40.9 Å². The highest BCUT2D eigenvalue weighted by atomic mass is 35.5. The maximum Gasteiger partial charge on any atom is 0.238 e. The van der Waals surface area contributed by atoms with Crippen molar-refractivity contribution in [2.75, 3.05) is 12.4 Å². The lowest BCUT2D eigenvalue weighted by Gasteiger charge is -2.29. The predicted molar refractivity (Wildman–Crippen MR) is 105 cm³/mol. The van der Waals surface area contributed by atoms with E-state index < -0.39 is 5.25 Å². The second kappa shape index (κ2) is 6.97. The van der Waals surface area contributed by atoms with Gasteiger partial charge in [0.2, 0.25) is 11.8 Å². The van der Waals surface area contributed by atoms with Crippen LogP contribution in [0, 0.1) is 0 Å². The van der Waals surface area contributed by atoms with Crippen molar-refractivity contribution in [3.05, 3.63) is 58.6 Å². The third-order valence-electron chi connectivity index (χ3n) is 5.08. The minimum atomic E-state index is -0.421. The molecule has 0 radical (unpaired) electrons. The van der Waals surface area contributed by atoms with E-state index in [9.17, 15) is 9.59 Å². The standard InChI is InChI=1S/C20H19ClN2O2S/c1-23(16-8-6-12-4-2-3-5-14(12)16)19(24)11-18-20(25)22-15-10-13(21)7-9-17(15)26-18/h2-5,7,9-10,16,18H,6,8,11H2,1H3,(H,22,25)/t16-,18-/m1/s1. The molecule has 0 unspecified atom stereocenters. The highest BCUT2D eigenvalue weighted by Gasteiger charge is 2.33. The van der Waals surface area contributed by atoms with Gasteiger partial charge in [-0.2, -0.15) is 0 Å². The zero-order valence-electron chi connectivity index (χ0n) is 14.4. The second-order valence-corrected chi connectivity index (χ2v) is 8.38. The van der Waals surface area contributed by atoms with Crippen LogP contribution in [0.15, 0.2) is 47.4 Å². The molecule has 1 heterocycles. The number of rotatable bonds is 3. The van der Waals surface area contributed by atoms with Crippen LogP contribution < -0.4 is 5.32 Å². The number of nitrogens with one attached hydrogen (secondary N) is 1. The number of fused-ring (bicyclic) bond motifs is 2. The van der Waals surface area contributed by atoms with Crippen molar-refractivity contribution in [2.45, 2.75) is 35.4 Å². The molecule has 0 fully saturated rings. The third-order valence-corrected chi connectivity index (χ3v) is 6.59. The van der Waals surface area contributed by atoms with Crippen LogP contribution in [0.25, 0.3) is 0 Å². The van der Waals surface area contributed by atoms with Gasteiger partial charge in [-0.3, -0.25) is 9.59 Å². The SMILES string of the molecule is CN(C(=O)C[C@H]1Sc2ccc(Cl)cc2NC1=O)[C@@H]1CCc2ccccc21. The van der Waals surface area contributed by atoms with Crippen molar-refractivity contribution < 1.29 is 9.59 Å². The number of hydrogen-bond donors (Lipinski definition) is 1. The topological polar surface area (TPSA) is 49.4 Å². The van der Waals surface area contributed by atoms with E-state index in [1.54, 1.807) is 17.0 Å². The fourth-order valence-corrected chi connectivity index (χ4v) is 4.92. The Hall–Kier alpha value is -1.98. The van der Waals surface area contributed by atoms with Crippen molar-refractivity contribution in [1.82, 2.24) is 4.90 Å². The lowest BCUT2D eigenvalue weighted by molar-refractivity contribution is -0.133. The molecule has 4 rings (SSSR count). The van der Waals surface area contributed by atoms with E-state index >= 15 is 0 Å². The largest absolute Gasteiger partial charge is 0.339 e. The minimum Gasteiger partial charge on any atom is -0.339 e. The fraction of sp³-hybridized carbons (Fsp3) is 0.300. The number of carbonyl (C=O) groups excluding carboxylic acids is 2. The molecule has 1 N–H and O–H groups in total. The molecule has 2 aromatic rings. The molecule has 6 heteroatoms. The number of amides is 2. The second-order valence-electron chi connectivity index (χ2n) is 6.70. The van der Waals surface area contributed by atoms with Crippen molar-refractivity contribution in [2.24, 2.45) is 0 Å². The Morgan fingerprint density at radius 2 is 2.12 bits per heavy atom. The molecule has 0 saturated carbocycles. The normalized spacial score (nSPS) is 20.9. The molecule has 0 aromatic heterocycles. The number of anilines is 1. The molecular weight excluding hydrogens is 368 g/mol. The summed E-state index contributed by atoms with van der Waals surface area (Å²) < 4.78 is 0. The van der Waals surface area contributed by atoms with Crippen LogP contribution in [0.1, 0.15) is 30.0 Å². The molecule has 134 valence electrons. The van der Waals surface area contributed by atoms with Gasteiger partial charge in [-0.15, -0.1) is 11.8 Å². The lowest BCUT2D eigenvalue weighted by atomic mass is 10.1. The Kier molecular flexibility index (Phi) is 4.67. The average Bonchev–Trinajstić information content (AvgIpc) is 3.06. The van der Waals surface area contributed by atoms with E-state index in [4.69, 9.17) is 11.6 Å². The van der Waals surface area contributed by atoms with Crippen molar-refractivity contribution in [1.29, 1.82) is 0 Å². The van der Waals surface area contributed by atoms with Gasteiger partial charge < -0.3 is 10.2 Å². The summed E-state index contributed by atoms with van der Waals surface area (Å²) in [6, 6.07) is 13.8. The van der Waals surface area contributed by atoms with Crippen LogP contribution in [0.3, 0.4) is 0 Å². The predicted octanol–water partition coefficient (Wildman–Crippen LogP) is 4.29. The molecule has 2 aliphatic rings. The Balaban J connectivity index is 1.47. The van der Waals surface area contributed by atoms with Crippen molar-refractivity contribution in [3.8, 4) is 0 Å². The van der Waals surface area contributed by atoms with E-state index in [1.807, 2.05) is 25.2 Å². The van der Waals surface area contributed by atoms with E-state index in [-0.39, 0.29) is 24.3 Å². The first-order valence-electron chi connectivity index (χ1n) is 8.63. The maximum atomic E-state index is 12.8. The van der Waals surface area contributed by atoms with Crippen LogP contribution in [-0.4, -0.2) is 29.0 Å². The average molecular weight is 387 g/mol. The van der Waals surface area contributed by atoms with Gasteiger partial charge in [0.1, 0.15) is 0 Å². The Morgan fingerprint density at radius 1 is 1.31 bits per heavy atom. The molecule has 1 aliphatic carbocycles. The number of halogens is 1. The Labute approximate surface area is 161 Å². The third kappa shape index (κ3) is 3.21. The molecule has 0 saturated heterocycles. The minimum absolute atomic E-state index is 0.00299. The lowest BCUT2D eigenvalue weighted by Crippen LogP contribution is -2.37. The molecule has 1 aliphatic heterocycles. The number of thioether (sulfide) groups is 1. The summed E-state index contributed by atoms with van der Waals surface area (Å²) in [5.74, 6) is -0.143. The molecule has 0 spiro atoms. The monoisotopic (exact) mass is 386 g/mol. The van der Waals surface area contributed by atoms with E-state index in [2.05, 4.69) is 17.4 Å². The number of benzene rings is 2. The van der Waals surface area contributed by atoms with Gasteiger partial charge in [-0.25, -0.2) is 0 Å². The molecule has 0 bridgehead atoms. The van der Waals surface area contributed by atoms with Crippen molar-refractivity contribution in [3.63, 3.8) is 0 Å². The smallest absolute Gasteiger partial charge is 0.238 e. The van der Waals surface area contributed by atoms with Gasteiger partial charge in [0.25, 0.3) is 0 Å². The Morgan fingerprint density at radius 3 is 2.96 bits per heavy atom. The summed E-state index contributed by atoms with van der Waals surface area (Å²) >= 11 is 7.41. The maximum absolute atomic E-state index is 12.8. The van der Waals surface area contributed by atoms with Gasteiger partial charge in [-0.1, -0.05) is 35.9 Å². The highest BCUT2D eigenvalue weighted by molar-refractivity contribution is 8.01. The van der Waals surface area contributed by atoms with Crippen LogP contribution in [0.4, 0.5) is 5.69 Å². The quantitative estimate of drug-likeness (QED) is 0.856. The van der Waals surface area contributed by atoms with Gasteiger partial charge >= 0.3 is 0 Å². The molecule has 2 amide bonds. The fourth-order valence-electron chi connectivity index (χ4n) is 3.67. The number of aryl methyl sites for hydroxylation is 1. The first-order chi connectivity index (χ1) is 12.5. The van der Waals surface area contributed by atoms with E-state index in [0.29, 0.717) is 10.7 Å². The Bertz CT molecular complexity index is 886. The zero-order valence-corrected chi connectivity index (χ0v) is 15.9. The van der Waals surface area contributed by atoms with E-state index in [1.165, 1.54) is 22.9 Å². The first-order valence-corrected chi connectivity index (χ1v) is 9.89. The van der Waals surface area contributed by atoms with Crippen LogP contribution in [-0.2, 0) is 16.0 Å². The van der Waals surface area contributed by atoms with Gasteiger partial charge in [0.05, 0.1) is 17.0 Å². The molecular formula is C20H19ClN2O2S. The summed E-state index contributed by atoms with van der Waals surface area (Å²) in [4.78, 5) is 28.0. The molecule has 2 atom stereocenters. The summed E-state index contributed by atoms with van der Waals surface area (Å²) in [6.45, 7) is 0. The summed E-state index contributed by atoms with van der Waals surface area (Å²) in [6.07, 6.45) is 2.12. The van der Waals surface area contributed by atoms with Gasteiger partial charge in [0.15, 0.2) is 0 Å². The zero-order chi connectivity index (χ0) is 18.3. The molecule has 4 nitrogen and oxygen atoms in total. The molecule has 26 heavy (non-hydrogen) atoms. The molecule has 2 aromatic carbocycles. The first kappa shape index (κ1) is 17.4. The number of nitrogens with zero attached hydrogens (tertiary/aromatic N) is 1. The summed E-state index contributed by atoms with van der Waals surface area (Å²) in [7, 11) is 1.84. The van der Waals surface area contributed by atoms with Crippen LogP contribution >= 0.6 is 23.4 Å². The summed E-state index contributed by atoms with van der Waals surface area (Å²) in [5.41, 5.74) is 3.26. The summed E-state index contributed by atoms with van der Waals surface area (Å²) in [5, 5.41) is 3.03. The van der Waals surface area contributed by atoms with E-state index in [0.717, 1.165) is 17.7 Å².